The highest BCUT2D eigenvalue weighted by molar-refractivity contribution is 14.0. The standard InChI is InChI=1S/C18H26N4O2S2.HI/c1-14(16-9-10-25-13-16)11-20-18(19-2)21-12-15-5-7-17(8-6-15)26(23,24)22(3)4;/h5-10,13-14H,11-12H2,1-4H3,(H2,19,20,21);1H. The Kier molecular flexibility index (Phi) is 9.71. The molecule has 1 unspecified atom stereocenters. The summed E-state index contributed by atoms with van der Waals surface area (Å²) < 4.78 is 25.4. The first-order chi connectivity index (χ1) is 12.3. The molecule has 0 aliphatic heterocycles. The molecule has 150 valence electrons. The van der Waals surface area contributed by atoms with Gasteiger partial charge in [-0.05, 0) is 46.0 Å². The lowest BCUT2D eigenvalue weighted by Gasteiger charge is -2.16. The number of hydrogen-bond acceptors (Lipinski definition) is 4. The first-order valence-electron chi connectivity index (χ1n) is 8.32. The van der Waals surface area contributed by atoms with Gasteiger partial charge >= 0.3 is 0 Å². The maximum Gasteiger partial charge on any atom is 0.242 e. The Labute approximate surface area is 183 Å². The van der Waals surface area contributed by atoms with Crippen molar-refractivity contribution in [3.63, 3.8) is 0 Å². The number of benzene rings is 1. The second kappa shape index (κ2) is 11.0. The smallest absolute Gasteiger partial charge is 0.242 e. The van der Waals surface area contributed by atoms with Crippen LogP contribution in [0.1, 0.15) is 24.0 Å². The number of aliphatic imine (C=N–C) groups is 1. The molecule has 2 N–H and O–H groups in total. The Morgan fingerprint density at radius 3 is 2.37 bits per heavy atom. The van der Waals surface area contributed by atoms with E-state index in [0.717, 1.165) is 18.1 Å². The third-order valence-electron chi connectivity index (χ3n) is 4.07. The van der Waals surface area contributed by atoms with Gasteiger partial charge in [0.25, 0.3) is 0 Å². The van der Waals surface area contributed by atoms with Crippen molar-refractivity contribution in [3.05, 3.63) is 52.2 Å². The first-order valence-corrected chi connectivity index (χ1v) is 10.7. The van der Waals surface area contributed by atoms with Crippen LogP contribution in [0.15, 0.2) is 51.0 Å². The number of hydrogen-bond donors (Lipinski definition) is 2. The van der Waals surface area contributed by atoms with Crippen molar-refractivity contribution in [2.75, 3.05) is 27.7 Å². The molecule has 1 atom stereocenters. The molecule has 0 bridgehead atoms. The fourth-order valence-electron chi connectivity index (χ4n) is 2.32. The molecule has 0 amide bonds. The Balaban J connectivity index is 0.00000364. The average molecular weight is 522 g/mol. The molecule has 1 aromatic heterocycles. The molecular formula is C18H27IN4O2S2. The van der Waals surface area contributed by atoms with Crippen LogP contribution in [0.3, 0.4) is 0 Å². The lowest BCUT2D eigenvalue weighted by Crippen LogP contribution is -2.38. The number of guanidine groups is 1. The van der Waals surface area contributed by atoms with E-state index in [1.54, 1.807) is 30.5 Å². The fraction of sp³-hybridized carbons (Fsp3) is 0.389. The normalized spacial score (nSPS) is 13.1. The van der Waals surface area contributed by atoms with Gasteiger partial charge in [0.15, 0.2) is 5.96 Å². The maximum absolute atomic E-state index is 12.1. The molecule has 0 aliphatic carbocycles. The summed E-state index contributed by atoms with van der Waals surface area (Å²) in [5.74, 6) is 1.12. The van der Waals surface area contributed by atoms with Gasteiger partial charge in [-0.1, -0.05) is 19.1 Å². The molecule has 0 saturated carbocycles. The van der Waals surface area contributed by atoms with Crippen molar-refractivity contribution in [2.24, 2.45) is 4.99 Å². The van der Waals surface area contributed by atoms with Crippen molar-refractivity contribution < 1.29 is 8.42 Å². The van der Waals surface area contributed by atoms with E-state index in [1.165, 1.54) is 24.0 Å². The van der Waals surface area contributed by atoms with E-state index >= 15 is 0 Å². The van der Waals surface area contributed by atoms with Crippen LogP contribution in [-0.2, 0) is 16.6 Å². The zero-order chi connectivity index (χ0) is 19.2. The minimum atomic E-state index is -3.39. The molecule has 0 spiro atoms. The molecule has 2 aromatic rings. The summed E-state index contributed by atoms with van der Waals surface area (Å²) in [4.78, 5) is 4.52. The molecule has 1 heterocycles. The Morgan fingerprint density at radius 2 is 1.85 bits per heavy atom. The molecule has 0 saturated heterocycles. The van der Waals surface area contributed by atoms with E-state index < -0.39 is 10.0 Å². The Bertz CT molecular complexity index is 820. The van der Waals surface area contributed by atoms with Crippen molar-refractivity contribution in [1.29, 1.82) is 0 Å². The minimum absolute atomic E-state index is 0. The van der Waals surface area contributed by atoms with Crippen molar-refractivity contribution in [3.8, 4) is 0 Å². The molecule has 0 fully saturated rings. The van der Waals surface area contributed by atoms with E-state index in [-0.39, 0.29) is 24.0 Å². The predicted molar refractivity (Wildman–Crippen MR) is 124 cm³/mol. The molecule has 9 heteroatoms. The number of nitrogens with zero attached hydrogens (tertiary/aromatic N) is 2. The summed E-state index contributed by atoms with van der Waals surface area (Å²) in [7, 11) is 1.39. The van der Waals surface area contributed by atoms with Gasteiger partial charge in [-0.25, -0.2) is 12.7 Å². The number of nitrogens with one attached hydrogen (secondary N) is 2. The van der Waals surface area contributed by atoms with E-state index in [0.29, 0.717) is 17.4 Å². The predicted octanol–water partition coefficient (Wildman–Crippen LogP) is 3.09. The second-order valence-electron chi connectivity index (χ2n) is 6.20. The molecule has 2 rings (SSSR count). The van der Waals surface area contributed by atoms with Crippen LogP contribution in [0.4, 0.5) is 0 Å². The summed E-state index contributed by atoms with van der Waals surface area (Å²) in [5, 5.41) is 10.8. The SMILES string of the molecule is CN=C(NCc1ccc(S(=O)(=O)N(C)C)cc1)NCC(C)c1ccsc1.I. The third-order valence-corrected chi connectivity index (χ3v) is 6.60. The van der Waals surface area contributed by atoms with Crippen molar-refractivity contribution in [2.45, 2.75) is 24.3 Å². The molecule has 27 heavy (non-hydrogen) atoms. The van der Waals surface area contributed by atoms with Crippen molar-refractivity contribution >= 4 is 51.3 Å². The summed E-state index contributed by atoms with van der Waals surface area (Å²) in [5.41, 5.74) is 2.30. The van der Waals surface area contributed by atoms with Gasteiger partial charge in [0.05, 0.1) is 4.90 Å². The molecule has 0 aliphatic rings. The second-order valence-corrected chi connectivity index (χ2v) is 9.13. The number of rotatable bonds is 7. The van der Waals surface area contributed by atoms with Crippen LogP contribution in [0.2, 0.25) is 0 Å². The molecular weight excluding hydrogens is 495 g/mol. The van der Waals surface area contributed by atoms with Gasteiger partial charge in [0.1, 0.15) is 0 Å². The lowest BCUT2D eigenvalue weighted by molar-refractivity contribution is 0.520. The molecule has 1 aromatic carbocycles. The summed E-state index contributed by atoms with van der Waals surface area (Å²) in [6.07, 6.45) is 0. The van der Waals surface area contributed by atoms with Crippen LogP contribution in [-0.4, -0.2) is 46.4 Å². The fourth-order valence-corrected chi connectivity index (χ4v) is 4.00. The van der Waals surface area contributed by atoms with Crippen molar-refractivity contribution in [1.82, 2.24) is 14.9 Å². The largest absolute Gasteiger partial charge is 0.356 e. The highest BCUT2D eigenvalue weighted by atomic mass is 127. The first kappa shape index (κ1) is 23.9. The quantitative estimate of drug-likeness (QED) is 0.333. The van der Waals surface area contributed by atoms with E-state index in [4.69, 9.17) is 0 Å². The van der Waals surface area contributed by atoms with Gasteiger partial charge in [-0.15, -0.1) is 24.0 Å². The lowest BCUT2D eigenvalue weighted by atomic mass is 10.1. The van der Waals surface area contributed by atoms with Gasteiger partial charge in [-0.3, -0.25) is 4.99 Å². The van der Waals surface area contributed by atoms with Crippen LogP contribution >= 0.6 is 35.3 Å². The Hall–Kier alpha value is -1.17. The number of thiophene rings is 1. The van der Waals surface area contributed by atoms with Gasteiger partial charge in [-0.2, -0.15) is 11.3 Å². The number of sulfonamides is 1. The number of halogens is 1. The zero-order valence-corrected chi connectivity index (χ0v) is 19.9. The van der Waals surface area contributed by atoms with Gasteiger partial charge in [0.2, 0.25) is 10.0 Å². The summed E-state index contributed by atoms with van der Waals surface area (Å²) in [6.45, 7) is 3.53. The van der Waals surface area contributed by atoms with Crippen LogP contribution in [0.25, 0.3) is 0 Å². The monoisotopic (exact) mass is 522 g/mol. The molecule has 6 nitrogen and oxygen atoms in total. The van der Waals surface area contributed by atoms with Crippen LogP contribution < -0.4 is 10.6 Å². The zero-order valence-electron chi connectivity index (χ0n) is 16.0. The third kappa shape index (κ3) is 6.74. The average Bonchev–Trinajstić information content (AvgIpc) is 3.16. The topological polar surface area (TPSA) is 73.8 Å². The van der Waals surface area contributed by atoms with Gasteiger partial charge < -0.3 is 10.6 Å². The maximum atomic E-state index is 12.1. The van der Waals surface area contributed by atoms with Gasteiger partial charge in [0, 0.05) is 34.2 Å². The highest BCUT2D eigenvalue weighted by Gasteiger charge is 2.16. The highest BCUT2D eigenvalue weighted by Crippen LogP contribution is 2.17. The molecule has 0 radical (unpaired) electrons. The summed E-state index contributed by atoms with van der Waals surface area (Å²) >= 11 is 1.70. The minimum Gasteiger partial charge on any atom is -0.356 e. The van der Waals surface area contributed by atoms with Crippen LogP contribution in [0, 0.1) is 0 Å². The van der Waals surface area contributed by atoms with E-state index in [1.807, 2.05) is 12.1 Å². The summed E-state index contributed by atoms with van der Waals surface area (Å²) in [6, 6.07) is 9.01. The van der Waals surface area contributed by atoms with Crippen LogP contribution in [0.5, 0.6) is 0 Å². The Morgan fingerprint density at radius 1 is 1.19 bits per heavy atom. The van der Waals surface area contributed by atoms with E-state index in [9.17, 15) is 8.42 Å². The van der Waals surface area contributed by atoms with E-state index in [2.05, 4.69) is 39.4 Å².